The lowest BCUT2D eigenvalue weighted by molar-refractivity contribution is -0.124. The van der Waals surface area contributed by atoms with Gasteiger partial charge in [-0.05, 0) is 30.9 Å². The van der Waals surface area contributed by atoms with Gasteiger partial charge in [-0.25, -0.2) is 4.79 Å². The van der Waals surface area contributed by atoms with Gasteiger partial charge >= 0.3 is 5.97 Å². The fourth-order valence-corrected chi connectivity index (χ4v) is 3.52. The van der Waals surface area contributed by atoms with E-state index in [1.54, 1.807) is 30.3 Å². The van der Waals surface area contributed by atoms with Crippen molar-refractivity contribution in [3.8, 4) is 0 Å². The van der Waals surface area contributed by atoms with Crippen LogP contribution >= 0.6 is 0 Å². The fourth-order valence-electron chi connectivity index (χ4n) is 3.52. The van der Waals surface area contributed by atoms with E-state index in [1.165, 1.54) is 43.5 Å². The average molecular weight is 407 g/mol. The number of rotatable bonds is 8. The Morgan fingerprint density at radius 1 is 0.767 bits per heavy atom. The van der Waals surface area contributed by atoms with Crippen LogP contribution in [0.4, 0.5) is 0 Å². The van der Waals surface area contributed by atoms with Gasteiger partial charge in [-0.1, -0.05) is 61.7 Å². The molecule has 1 N–H and O–H groups in total. The monoisotopic (exact) mass is 407 g/mol. The van der Waals surface area contributed by atoms with E-state index in [2.05, 4.69) is 5.32 Å². The van der Waals surface area contributed by atoms with Gasteiger partial charge in [0.25, 0.3) is 5.91 Å². The topological polar surface area (TPSA) is 89.5 Å². The molecule has 30 heavy (non-hydrogen) atoms. The first-order chi connectivity index (χ1) is 14.5. The Morgan fingerprint density at radius 3 is 1.97 bits per heavy atom. The molecule has 0 aromatic heterocycles. The summed E-state index contributed by atoms with van der Waals surface area (Å²) in [5.74, 6) is -1.74. The molecule has 0 unspecified atom stereocenters. The van der Waals surface area contributed by atoms with Crippen LogP contribution in [0, 0.1) is 5.92 Å². The summed E-state index contributed by atoms with van der Waals surface area (Å²) in [4.78, 5) is 48.6. The number of benzene rings is 2. The van der Waals surface area contributed by atoms with Gasteiger partial charge in [-0.2, -0.15) is 0 Å². The molecule has 0 radical (unpaired) electrons. The smallest absolute Gasteiger partial charge is 0.338 e. The Balaban J connectivity index is 1.48. The van der Waals surface area contributed by atoms with Gasteiger partial charge in [-0.15, -0.1) is 0 Å². The van der Waals surface area contributed by atoms with Crippen LogP contribution in [0.2, 0.25) is 0 Å². The molecule has 6 heteroatoms. The first kappa shape index (κ1) is 21.4. The van der Waals surface area contributed by atoms with Crippen LogP contribution < -0.4 is 5.32 Å². The minimum absolute atomic E-state index is 0.186. The minimum atomic E-state index is -0.656. The van der Waals surface area contributed by atoms with E-state index < -0.39 is 17.5 Å². The van der Waals surface area contributed by atoms with Crippen molar-refractivity contribution in [1.29, 1.82) is 0 Å². The first-order valence-electron chi connectivity index (χ1n) is 10.2. The summed E-state index contributed by atoms with van der Waals surface area (Å²) in [5, 5.41) is 2.81. The molecule has 6 nitrogen and oxygen atoms in total. The van der Waals surface area contributed by atoms with Gasteiger partial charge in [0, 0.05) is 17.7 Å². The molecule has 0 saturated heterocycles. The number of carbonyl (C=O) groups is 4. The Labute approximate surface area is 175 Å². The summed E-state index contributed by atoms with van der Waals surface area (Å²) in [6.45, 7) is 0.265. The third-order valence-electron chi connectivity index (χ3n) is 5.27. The maximum atomic E-state index is 12.3. The molecule has 0 spiro atoms. The molecule has 1 amide bonds. The molecule has 1 aliphatic rings. The zero-order valence-electron chi connectivity index (χ0n) is 16.8. The summed E-state index contributed by atoms with van der Waals surface area (Å²) in [5.41, 5.74) is 0.703. The Hall–Kier alpha value is -3.28. The lowest BCUT2D eigenvalue weighted by Gasteiger charge is -2.21. The molecule has 0 bridgehead atoms. The second-order valence-electron chi connectivity index (χ2n) is 7.49. The fraction of sp³-hybridized carbons (Fsp3) is 0.333. The molecular weight excluding hydrogens is 382 g/mol. The standard InChI is InChI=1S/C24H25NO5/c26-21(25-15-17-7-3-1-4-8-17)16-30-24(29)20-13-11-19(12-14-20)23(28)22(27)18-9-5-2-6-10-18/h2,5-6,9-14,17H,1,3-4,7-8,15-16H2,(H,25,26). The Kier molecular flexibility index (Phi) is 7.49. The highest BCUT2D eigenvalue weighted by molar-refractivity contribution is 6.49. The van der Waals surface area contributed by atoms with Crippen LogP contribution in [0.15, 0.2) is 54.6 Å². The lowest BCUT2D eigenvalue weighted by Crippen LogP contribution is -2.33. The summed E-state index contributed by atoms with van der Waals surface area (Å²) in [7, 11) is 0. The molecule has 1 fully saturated rings. The van der Waals surface area contributed by atoms with E-state index in [9.17, 15) is 19.2 Å². The van der Waals surface area contributed by atoms with Crippen LogP contribution in [0.25, 0.3) is 0 Å². The number of ether oxygens (including phenoxy) is 1. The molecule has 2 aromatic rings. The van der Waals surface area contributed by atoms with Crippen LogP contribution in [-0.2, 0) is 9.53 Å². The van der Waals surface area contributed by atoms with Crippen molar-refractivity contribution < 1.29 is 23.9 Å². The lowest BCUT2D eigenvalue weighted by atomic mass is 9.89. The molecule has 1 saturated carbocycles. The van der Waals surface area contributed by atoms with Gasteiger partial charge in [-0.3, -0.25) is 14.4 Å². The predicted molar refractivity (Wildman–Crippen MR) is 111 cm³/mol. The van der Waals surface area contributed by atoms with Crippen molar-refractivity contribution in [2.45, 2.75) is 32.1 Å². The summed E-state index contributed by atoms with van der Waals surface area (Å²) >= 11 is 0. The maximum Gasteiger partial charge on any atom is 0.338 e. The first-order valence-corrected chi connectivity index (χ1v) is 10.2. The predicted octanol–water partition coefficient (Wildman–Crippen LogP) is 3.61. The van der Waals surface area contributed by atoms with Crippen LogP contribution in [0.3, 0.4) is 0 Å². The van der Waals surface area contributed by atoms with E-state index in [1.807, 2.05) is 0 Å². The van der Waals surface area contributed by atoms with Crippen molar-refractivity contribution >= 4 is 23.4 Å². The zero-order valence-corrected chi connectivity index (χ0v) is 16.8. The third-order valence-corrected chi connectivity index (χ3v) is 5.27. The van der Waals surface area contributed by atoms with Crippen molar-refractivity contribution in [2.24, 2.45) is 5.92 Å². The SMILES string of the molecule is O=C(COC(=O)c1ccc(C(=O)C(=O)c2ccccc2)cc1)NCC1CCCCC1. The van der Waals surface area contributed by atoms with Gasteiger partial charge in [0.05, 0.1) is 5.56 Å². The van der Waals surface area contributed by atoms with Crippen molar-refractivity contribution in [3.05, 3.63) is 71.3 Å². The van der Waals surface area contributed by atoms with Crippen molar-refractivity contribution in [2.75, 3.05) is 13.2 Å². The molecule has 0 aliphatic heterocycles. The van der Waals surface area contributed by atoms with Gasteiger partial charge < -0.3 is 10.1 Å². The Morgan fingerprint density at radius 2 is 1.33 bits per heavy atom. The Bertz CT molecular complexity index is 899. The normalized spacial score (nSPS) is 14.0. The highest BCUT2D eigenvalue weighted by Crippen LogP contribution is 2.22. The van der Waals surface area contributed by atoms with Crippen molar-refractivity contribution in [3.63, 3.8) is 0 Å². The van der Waals surface area contributed by atoms with E-state index >= 15 is 0 Å². The zero-order chi connectivity index (χ0) is 21.3. The van der Waals surface area contributed by atoms with E-state index in [0.717, 1.165) is 12.8 Å². The van der Waals surface area contributed by atoms with E-state index in [-0.39, 0.29) is 23.6 Å². The molecule has 3 rings (SSSR count). The number of Topliss-reactive ketones (excluding diaryl/α,β-unsaturated/α-hetero) is 2. The number of carbonyl (C=O) groups excluding carboxylic acids is 4. The number of amides is 1. The number of nitrogens with one attached hydrogen (secondary N) is 1. The summed E-state index contributed by atoms with van der Waals surface area (Å²) < 4.78 is 5.04. The quantitative estimate of drug-likeness (QED) is 0.410. The molecule has 0 atom stereocenters. The second kappa shape index (κ2) is 10.5. The van der Waals surface area contributed by atoms with E-state index in [4.69, 9.17) is 4.74 Å². The van der Waals surface area contributed by atoms with Gasteiger partial charge in [0.15, 0.2) is 6.61 Å². The minimum Gasteiger partial charge on any atom is -0.452 e. The maximum absolute atomic E-state index is 12.3. The molecule has 2 aromatic carbocycles. The number of ketones is 2. The molecular formula is C24H25NO5. The number of hydrogen-bond donors (Lipinski definition) is 1. The summed E-state index contributed by atoms with van der Waals surface area (Å²) in [6.07, 6.45) is 5.90. The molecule has 0 heterocycles. The van der Waals surface area contributed by atoms with Crippen LogP contribution in [-0.4, -0.2) is 36.6 Å². The highest BCUT2D eigenvalue weighted by Gasteiger charge is 2.19. The van der Waals surface area contributed by atoms with Crippen LogP contribution in [0.5, 0.6) is 0 Å². The number of hydrogen-bond acceptors (Lipinski definition) is 5. The van der Waals surface area contributed by atoms with Gasteiger partial charge in [0.1, 0.15) is 0 Å². The number of esters is 1. The molecule has 156 valence electrons. The van der Waals surface area contributed by atoms with E-state index in [0.29, 0.717) is 18.0 Å². The third kappa shape index (κ3) is 5.86. The highest BCUT2D eigenvalue weighted by atomic mass is 16.5. The second-order valence-corrected chi connectivity index (χ2v) is 7.49. The van der Waals surface area contributed by atoms with Crippen LogP contribution in [0.1, 0.15) is 63.2 Å². The summed E-state index contributed by atoms with van der Waals surface area (Å²) in [6, 6.07) is 13.9. The van der Waals surface area contributed by atoms with Crippen molar-refractivity contribution in [1.82, 2.24) is 5.32 Å². The largest absolute Gasteiger partial charge is 0.452 e. The van der Waals surface area contributed by atoms with Gasteiger partial charge in [0.2, 0.25) is 11.6 Å². The average Bonchev–Trinajstić information content (AvgIpc) is 2.81. The molecule has 1 aliphatic carbocycles.